The van der Waals surface area contributed by atoms with Crippen molar-refractivity contribution in [1.29, 1.82) is 0 Å². The van der Waals surface area contributed by atoms with Gasteiger partial charge in [0.25, 0.3) is 0 Å². The first-order valence-electron chi connectivity index (χ1n) is 10.3. The van der Waals surface area contributed by atoms with E-state index in [1.165, 1.54) is 0 Å². The Labute approximate surface area is 162 Å². The summed E-state index contributed by atoms with van der Waals surface area (Å²) in [5.41, 5.74) is 3.85. The highest BCUT2D eigenvalue weighted by Crippen LogP contribution is 2.39. The molecule has 5 heteroatoms. The molecule has 1 aromatic heterocycles. The molecule has 1 amide bonds. The monoisotopic (exact) mass is 374 g/mol. The molecule has 1 aromatic rings. The number of nitrogens with zero attached hydrogens (tertiary/aromatic N) is 2. The van der Waals surface area contributed by atoms with E-state index in [4.69, 9.17) is 0 Å². The summed E-state index contributed by atoms with van der Waals surface area (Å²) in [7, 11) is 0. The number of carbonyl (C=O) groups is 2. The summed E-state index contributed by atoms with van der Waals surface area (Å²) in [6, 6.07) is 0. The summed E-state index contributed by atoms with van der Waals surface area (Å²) in [6.07, 6.45) is 2.85. The fourth-order valence-electron chi connectivity index (χ4n) is 4.68. The van der Waals surface area contributed by atoms with Crippen LogP contribution in [0, 0.1) is 18.3 Å². The third-order valence-corrected chi connectivity index (χ3v) is 5.95. The average Bonchev–Trinajstić information content (AvgIpc) is 2.79. The minimum atomic E-state index is -0.425. The van der Waals surface area contributed by atoms with Crippen LogP contribution in [0.1, 0.15) is 74.3 Å². The van der Waals surface area contributed by atoms with E-state index in [1.54, 1.807) is 4.90 Å². The maximum absolute atomic E-state index is 13.0. The van der Waals surface area contributed by atoms with Crippen molar-refractivity contribution >= 4 is 11.7 Å². The topological polar surface area (TPSA) is 62.5 Å². The largest absolute Gasteiger partial charge is 0.391 e. The van der Waals surface area contributed by atoms with Gasteiger partial charge in [0.15, 0.2) is 5.78 Å². The Bertz CT molecular complexity index is 745. The van der Waals surface area contributed by atoms with Gasteiger partial charge in [-0.05, 0) is 43.1 Å². The third kappa shape index (κ3) is 4.13. The van der Waals surface area contributed by atoms with Crippen LogP contribution in [-0.2, 0) is 24.2 Å². The molecule has 0 spiro atoms. The lowest BCUT2D eigenvalue weighted by atomic mass is 9.75. The highest BCUT2D eigenvalue weighted by atomic mass is 16.3. The molecule has 150 valence electrons. The number of aliphatic hydroxyl groups excluding tert-OH is 1. The van der Waals surface area contributed by atoms with Crippen LogP contribution in [0.15, 0.2) is 0 Å². The number of rotatable bonds is 4. The van der Waals surface area contributed by atoms with E-state index < -0.39 is 6.10 Å². The first-order chi connectivity index (χ1) is 12.6. The second kappa shape index (κ2) is 7.42. The van der Waals surface area contributed by atoms with E-state index in [-0.39, 0.29) is 23.5 Å². The van der Waals surface area contributed by atoms with Gasteiger partial charge in [0.2, 0.25) is 5.91 Å². The van der Waals surface area contributed by atoms with Gasteiger partial charge in [-0.3, -0.25) is 9.59 Å². The van der Waals surface area contributed by atoms with Crippen LogP contribution < -0.4 is 0 Å². The number of β-amino-alcohol motifs (C(OH)–C–C–N with tert-alkyl or cyclic N) is 1. The molecule has 5 nitrogen and oxygen atoms in total. The number of hydrogen-bond acceptors (Lipinski definition) is 3. The van der Waals surface area contributed by atoms with Gasteiger partial charge in [-0.2, -0.15) is 0 Å². The second-order valence-electron chi connectivity index (χ2n) is 9.64. The quantitative estimate of drug-likeness (QED) is 0.881. The van der Waals surface area contributed by atoms with Gasteiger partial charge < -0.3 is 14.6 Å². The van der Waals surface area contributed by atoms with Gasteiger partial charge in [0.05, 0.1) is 12.5 Å². The number of carbonyl (C=O) groups excluding carboxylic acids is 2. The van der Waals surface area contributed by atoms with Crippen molar-refractivity contribution in [3.63, 3.8) is 0 Å². The lowest BCUT2D eigenvalue weighted by molar-refractivity contribution is -0.133. The zero-order valence-corrected chi connectivity index (χ0v) is 17.5. The van der Waals surface area contributed by atoms with E-state index >= 15 is 0 Å². The van der Waals surface area contributed by atoms with Gasteiger partial charge in [0.1, 0.15) is 0 Å². The molecule has 27 heavy (non-hydrogen) atoms. The predicted octanol–water partition coefficient (Wildman–Crippen LogP) is 3.13. The first-order valence-corrected chi connectivity index (χ1v) is 10.3. The summed E-state index contributed by atoms with van der Waals surface area (Å²) in [6.45, 7) is 12.7. The predicted molar refractivity (Wildman–Crippen MR) is 106 cm³/mol. The van der Waals surface area contributed by atoms with Gasteiger partial charge in [0, 0.05) is 43.0 Å². The molecule has 0 aromatic carbocycles. The standard InChI is InChI=1S/C22H34N2O3/c1-14(2)12-24-15(3)17(9-20(27)23-8-6-7-16(25)13-23)21-18(24)10-22(4,5)11-19(21)26/h14,16,25H,6-13H2,1-5H3/t16-/m1/s1. The number of fused-ring (bicyclic) bond motifs is 1. The summed E-state index contributed by atoms with van der Waals surface area (Å²) in [4.78, 5) is 27.7. The highest BCUT2D eigenvalue weighted by Gasteiger charge is 2.37. The number of piperidine rings is 1. The molecule has 1 aliphatic heterocycles. The molecular formula is C22H34N2O3. The lowest BCUT2D eigenvalue weighted by Crippen LogP contribution is -2.43. The molecule has 1 atom stereocenters. The van der Waals surface area contributed by atoms with Gasteiger partial charge in [-0.25, -0.2) is 0 Å². The Morgan fingerprint density at radius 3 is 2.63 bits per heavy atom. The average molecular weight is 375 g/mol. The molecule has 1 fully saturated rings. The highest BCUT2D eigenvalue weighted by molar-refractivity contribution is 6.01. The smallest absolute Gasteiger partial charge is 0.227 e. The molecule has 0 radical (unpaired) electrons. The Kier molecular flexibility index (Phi) is 5.53. The second-order valence-corrected chi connectivity index (χ2v) is 9.64. The summed E-state index contributed by atoms with van der Waals surface area (Å²) in [5.74, 6) is 0.674. The molecule has 1 N–H and O–H groups in total. The van der Waals surface area contributed by atoms with Crippen molar-refractivity contribution in [3.05, 3.63) is 22.5 Å². The molecular weight excluding hydrogens is 340 g/mol. The Morgan fingerprint density at radius 2 is 2.00 bits per heavy atom. The zero-order chi connectivity index (χ0) is 19.9. The van der Waals surface area contributed by atoms with E-state index in [0.717, 1.165) is 48.3 Å². The third-order valence-electron chi connectivity index (χ3n) is 5.95. The Balaban J connectivity index is 1.96. The van der Waals surface area contributed by atoms with Crippen molar-refractivity contribution in [2.45, 2.75) is 79.4 Å². The van der Waals surface area contributed by atoms with Crippen LogP contribution >= 0.6 is 0 Å². The maximum atomic E-state index is 13.0. The molecule has 3 rings (SSSR count). The van der Waals surface area contributed by atoms with E-state index in [0.29, 0.717) is 25.4 Å². The summed E-state index contributed by atoms with van der Waals surface area (Å²) < 4.78 is 2.28. The molecule has 0 bridgehead atoms. The number of amides is 1. The van der Waals surface area contributed by atoms with Crippen molar-refractivity contribution in [3.8, 4) is 0 Å². The minimum absolute atomic E-state index is 0.0268. The van der Waals surface area contributed by atoms with Crippen LogP contribution in [0.2, 0.25) is 0 Å². The van der Waals surface area contributed by atoms with Crippen molar-refractivity contribution < 1.29 is 14.7 Å². The summed E-state index contributed by atoms with van der Waals surface area (Å²) in [5, 5.41) is 9.89. The van der Waals surface area contributed by atoms with Gasteiger partial charge in [-0.1, -0.05) is 27.7 Å². The first kappa shape index (κ1) is 20.1. The molecule has 2 aliphatic rings. The lowest BCUT2D eigenvalue weighted by Gasteiger charge is -2.31. The van der Waals surface area contributed by atoms with E-state index in [9.17, 15) is 14.7 Å². The molecule has 0 saturated carbocycles. The van der Waals surface area contributed by atoms with Crippen LogP contribution in [0.3, 0.4) is 0 Å². The fourth-order valence-corrected chi connectivity index (χ4v) is 4.68. The SMILES string of the molecule is Cc1c(CC(=O)N2CCC[C@@H](O)C2)c2c(n1CC(C)C)CC(C)(C)CC2=O. The number of hydrogen-bond donors (Lipinski definition) is 1. The number of ketones is 1. The van der Waals surface area contributed by atoms with Crippen molar-refractivity contribution in [2.24, 2.45) is 11.3 Å². The number of aliphatic hydroxyl groups is 1. The van der Waals surface area contributed by atoms with Crippen LogP contribution in [0.5, 0.6) is 0 Å². The molecule has 1 saturated heterocycles. The molecule has 1 aliphatic carbocycles. The number of likely N-dealkylation sites (tertiary alicyclic amines) is 1. The van der Waals surface area contributed by atoms with E-state index in [1.807, 2.05) is 0 Å². The van der Waals surface area contributed by atoms with Crippen molar-refractivity contribution in [1.82, 2.24) is 9.47 Å². The van der Waals surface area contributed by atoms with Crippen LogP contribution in [0.25, 0.3) is 0 Å². The zero-order valence-electron chi connectivity index (χ0n) is 17.5. The van der Waals surface area contributed by atoms with Crippen LogP contribution in [-0.4, -0.2) is 45.5 Å². The Hall–Kier alpha value is -1.62. The maximum Gasteiger partial charge on any atom is 0.227 e. The van der Waals surface area contributed by atoms with Crippen molar-refractivity contribution in [2.75, 3.05) is 13.1 Å². The minimum Gasteiger partial charge on any atom is -0.391 e. The molecule has 0 unspecified atom stereocenters. The van der Waals surface area contributed by atoms with E-state index in [2.05, 4.69) is 39.2 Å². The van der Waals surface area contributed by atoms with Gasteiger partial charge in [-0.15, -0.1) is 0 Å². The molecule has 2 heterocycles. The number of Topliss-reactive ketones (excluding diaryl/α,β-unsaturated/α-hetero) is 1. The summed E-state index contributed by atoms with van der Waals surface area (Å²) >= 11 is 0. The fraction of sp³-hybridized carbons (Fsp3) is 0.727. The van der Waals surface area contributed by atoms with Gasteiger partial charge >= 0.3 is 0 Å². The Morgan fingerprint density at radius 1 is 1.30 bits per heavy atom. The normalized spacial score (nSPS) is 22.3. The van der Waals surface area contributed by atoms with Crippen LogP contribution in [0.4, 0.5) is 0 Å². The number of aromatic nitrogens is 1.